The predicted molar refractivity (Wildman–Crippen MR) is 94.0 cm³/mol. The zero-order valence-corrected chi connectivity index (χ0v) is 14.4. The van der Waals surface area contributed by atoms with Gasteiger partial charge < -0.3 is 10.6 Å². The van der Waals surface area contributed by atoms with Crippen LogP contribution < -0.4 is 10.6 Å². The fourth-order valence-electron chi connectivity index (χ4n) is 3.03. The lowest BCUT2D eigenvalue weighted by Gasteiger charge is -2.27. The Kier molecular flexibility index (Phi) is 4.06. The summed E-state index contributed by atoms with van der Waals surface area (Å²) in [4.78, 5) is 12.6. The Bertz CT molecular complexity index is 777. The first-order valence-electron chi connectivity index (χ1n) is 8.47. The number of carbonyl (C=O) groups is 1. The van der Waals surface area contributed by atoms with E-state index in [2.05, 4.69) is 15.7 Å². The van der Waals surface area contributed by atoms with E-state index in [1.807, 2.05) is 29.8 Å². The van der Waals surface area contributed by atoms with E-state index in [-0.39, 0.29) is 5.91 Å². The fourth-order valence-corrected chi connectivity index (χ4v) is 3.20. The van der Waals surface area contributed by atoms with Crippen LogP contribution in [0.5, 0.6) is 0 Å². The highest BCUT2D eigenvalue weighted by Crippen LogP contribution is 2.42. The molecule has 2 heterocycles. The van der Waals surface area contributed by atoms with Gasteiger partial charge >= 0.3 is 0 Å². The molecule has 1 aliphatic carbocycles. The molecule has 2 aliphatic rings. The molecule has 4 rings (SSSR count). The van der Waals surface area contributed by atoms with Crippen LogP contribution >= 0.6 is 11.6 Å². The van der Waals surface area contributed by atoms with Crippen molar-refractivity contribution in [2.45, 2.75) is 25.7 Å². The van der Waals surface area contributed by atoms with Crippen molar-refractivity contribution in [2.24, 2.45) is 5.92 Å². The van der Waals surface area contributed by atoms with E-state index in [9.17, 15) is 4.79 Å². The smallest absolute Gasteiger partial charge is 0.254 e. The molecule has 0 spiro atoms. The van der Waals surface area contributed by atoms with Crippen molar-refractivity contribution in [1.82, 2.24) is 20.4 Å². The molecule has 5 nitrogen and oxygen atoms in total. The van der Waals surface area contributed by atoms with Crippen molar-refractivity contribution in [3.8, 4) is 5.69 Å². The summed E-state index contributed by atoms with van der Waals surface area (Å²) >= 11 is 6.26. The first-order valence-corrected chi connectivity index (χ1v) is 8.84. The summed E-state index contributed by atoms with van der Waals surface area (Å²) in [5, 5.41) is 11.5. The molecule has 1 aliphatic heterocycles. The fraction of sp³-hybridized carbons (Fsp3) is 0.444. The molecule has 1 aromatic heterocycles. The second-order valence-corrected chi connectivity index (χ2v) is 7.20. The number of rotatable bonds is 5. The van der Waals surface area contributed by atoms with Gasteiger partial charge in [0.25, 0.3) is 5.91 Å². The minimum Gasteiger partial charge on any atom is -0.352 e. The largest absolute Gasteiger partial charge is 0.352 e. The van der Waals surface area contributed by atoms with Crippen LogP contribution in [0.2, 0.25) is 5.02 Å². The van der Waals surface area contributed by atoms with Crippen molar-refractivity contribution in [3.63, 3.8) is 0 Å². The molecular weight excluding hydrogens is 324 g/mol. The normalized spacial score (nSPS) is 17.6. The summed E-state index contributed by atoms with van der Waals surface area (Å²) in [7, 11) is 0. The second kappa shape index (κ2) is 6.22. The molecule has 2 N–H and O–H groups in total. The van der Waals surface area contributed by atoms with E-state index in [1.165, 1.54) is 0 Å². The van der Waals surface area contributed by atoms with Gasteiger partial charge in [-0.25, -0.2) is 4.68 Å². The molecule has 1 amide bonds. The van der Waals surface area contributed by atoms with Crippen molar-refractivity contribution >= 4 is 17.5 Å². The van der Waals surface area contributed by atoms with Gasteiger partial charge in [0.1, 0.15) is 0 Å². The van der Waals surface area contributed by atoms with Crippen molar-refractivity contribution in [3.05, 3.63) is 46.2 Å². The first-order chi connectivity index (χ1) is 11.6. The van der Waals surface area contributed by atoms with Gasteiger partial charge in [-0.15, -0.1) is 0 Å². The number of benzene rings is 1. The molecule has 2 aromatic rings. The number of aryl methyl sites for hydroxylation is 1. The summed E-state index contributed by atoms with van der Waals surface area (Å²) in [6.45, 7) is 4.66. The third kappa shape index (κ3) is 2.94. The maximum absolute atomic E-state index is 12.6. The number of carbonyl (C=O) groups excluding carboxylic acids is 1. The lowest BCUT2D eigenvalue weighted by Crippen LogP contribution is -2.48. The van der Waals surface area contributed by atoms with Gasteiger partial charge in [0, 0.05) is 36.5 Å². The monoisotopic (exact) mass is 344 g/mol. The molecule has 126 valence electrons. The van der Waals surface area contributed by atoms with Gasteiger partial charge in [-0.05, 0) is 37.5 Å². The average molecular weight is 345 g/mol. The summed E-state index contributed by atoms with van der Waals surface area (Å²) < 4.78 is 1.88. The van der Waals surface area contributed by atoms with E-state index in [4.69, 9.17) is 11.6 Å². The third-order valence-electron chi connectivity index (χ3n) is 4.83. The highest BCUT2D eigenvalue weighted by Gasteiger charge is 2.33. The topological polar surface area (TPSA) is 59.0 Å². The van der Waals surface area contributed by atoms with E-state index in [0.29, 0.717) is 22.4 Å². The van der Waals surface area contributed by atoms with Crippen LogP contribution in [0.3, 0.4) is 0 Å². The Morgan fingerprint density at radius 3 is 2.83 bits per heavy atom. The Labute approximate surface area is 146 Å². The molecule has 0 atom stereocenters. The molecule has 24 heavy (non-hydrogen) atoms. The van der Waals surface area contributed by atoms with Crippen molar-refractivity contribution in [1.29, 1.82) is 0 Å². The first kappa shape index (κ1) is 15.7. The molecule has 2 fully saturated rings. The lowest BCUT2D eigenvalue weighted by molar-refractivity contribution is 0.0941. The van der Waals surface area contributed by atoms with Gasteiger partial charge in [0.15, 0.2) is 0 Å². The Morgan fingerprint density at radius 2 is 2.21 bits per heavy atom. The number of hydrogen-bond donors (Lipinski definition) is 2. The summed E-state index contributed by atoms with van der Waals surface area (Å²) in [6, 6.07) is 5.90. The highest BCUT2D eigenvalue weighted by molar-refractivity contribution is 6.31. The summed E-state index contributed by atoms with van der Waals surface area (Å²) in [5.41, 5.74) is 3.66. The minimum atomic E-state index is -0.0201. The van der Waals surface area contributed by atoms with Gasteiger partial charge in [-0.3, -0.25) is 4.79 Å². The van der Waals surface area contributed by atoms with Crippen LogP contribution in [0.15, 0.2) is 24.4 Å². The minimum absolute atomic E-state index is 0.0201. The van der Waals surface area contributed by atoms with Gasteiger partial charge in [-0.2, -0.15) is 5.10 Å². The third-order valence-corrected chi connectivity index (χ3v) is 5.24. The van der Waals surface area contributed by atoms with Crippen LogP contribution in [0.1, 0.15) is 40.4 Å². The molecule has 0 unspecified atom stereocenters. The van der Waals surface area contributed by atoms with E-state index in [0.717, 1.165) is 49.4 Å². The molecule has 6 heteroatoms. The number of nitrogens with one attached hydrogen (secondary N) is 2. The standard InChI is InChI=1S/C18H21ClN4O/c1-11-2-5-14(6-16(11)19)23-17(13-3-4-13)15(10-22-23)18(24)21-9-12-7-20-8-12/h2,5-6,10,12-13,20H,3-4,7-9H2,1H3,(H,21,24). The Hall–Kier alpha value is -1.85. The number of amides is 1. The Morgan fingerprint density at radius 1 is 1.42 bits per heavy atom. The van der Waals surface area contributed by atoms with Crippen LogP contribution in [-0.2, 0) is 0 Å². The number of nitrogens with zero attached hydrogens (tertiary/aromatic N) is 2. The lowest BCUT2D eigenvalue weighted by atomic mass is 10.0. The van der Waals surface area contributed by atoms with Gasteiger partial charge in [0.05, 0.1) is 23.1 Å². The zero-order chi connectivity index (χ0) is 16.7. The molecule has 1 aromatic carbocycles. The SMILES string of the molecule is Cc1ccc(-n2ncc(C(=O)NCC3CNC3)c2C2CC2)cc1Cl. The quantitative estimate of drug-likeness (QED) is 0.876. The number of halogens is 1. The zero-order valence-electron chi connectivity index (χ0n) is 13.7. The maximum Gasteiger partial charge on any atom is 0.254 e. The predicted octanol–water partition coefficient (Wildman–Crippen LogP) is 2.66. The average Bonchev–Trinajstić information content (AvgIpc) is 3.26. The maximum atomic E-state index is 12.6. The number of hydrogen-bond acceptors (Lipinski definition) is 3. The van der Waals surface area contributed by atoms with Gasteiger partial charge in [-0.1, -0.05) is 17.7 Å². The second-order valence-electron chi connectivity index (χ2n) is 6.80. The van der Waals surface area contributed by atoms with Crippen LogP contribution in [0, 0.1) is 12.8 Å². The molecule has 0 radical (unpaired) electrons. The number of aromatic nitrogens is 2. The summed E-state index contributed by atoms with van der Waals surface area (Å²) in [5.74, 6) is 0.941. The molecule has 0 bridgehead atoms. The molecular formula is C18H21ClN4O. The van der Waals surface area contributed by atoms with Crippen LogP contribution in [0.4, 0.5) is 0 Å². The van der Waals surface area contributed by atoms with Crippen LogP contribution in [0.25, 0.3) is 5.69 Å². The van der Waals surface area contributed by atoms with Crippen molar-refractivity contribution in [2.75, 3.05) is 19.6 Å². The molecule has 1 saturated heterocycles. The van der Waals surface area contributed by atoms with Crippen molar-refractivity contribution < 1.29 is 4.79 Å². The van der Waals surface area contributed by atoms with E-state index in [1.54, 1.807) is 6.20 Å². The Balaban J connectivity index is 1.62. The van der Waals surface area contributed by atoms with E-state index < -0.39 is 0 Å². The highest BCUT2D eigenvalue weighted by atomic mass is 35.5. The molecule has 1 saturated carbocycles. The van der Waals surface area contributed by atoms with E-state index >= 15 is 0 Å². The van der Waals surface area contributed by atoms with Crippen LogP contribution in [-0.4, -0.2) is 35.3 Å². The van der Waals surface area contributed by atoms with Gasteiger partial charge in [0.2, 0.25) is 0 Å². The summed E-state index contributed by atoms with van der Waals surface area (Å²) in [6.07, 6.45) is 3.91.